The zero-order valence-corrected chi connectivity index (χ0v) is 6.49. The molecule has 60 valence electrons. The van der Waals surface area contributed by atoms with Gasteiger partial charge in [0.1, 0.15) is 0 Å². The molecule has 1 N–H and O–H groups in total. The first-order valence-corrected chi connectivity index (χ1v) is 3.83. The van der Waals surface area contributed by atoms with Gasteiger partial charge in [0.05, 0.1) is 6.04 Å². The average molecular weight is 153 g/mol. The van der Waals surface area contributed by atoms with Crippen LogP contribution in [0.1, 0.15) is 24.7 Å². The second-order valence-electron chi connectivity index (χ2n) is 2.81. The van der Waals surface area contributed by atoms with E-state index in [2.05, 4.69) is 20.8 Å². The van der Waals surface area contributed by atoms with Crippen LogP contribution in [0.3, 0.4) is 0 Å². The number of hydrogen-bond acceptors (Lipinski definition) is 4. The number of aromatic nitrogens is 4. The second kappa shape index (κ2) is 2.58. The lowest BCUT2D eigenvalue weighted by atomic mass is 10.2. The highest BCUT2D eigenvalue weighted by Crippen LogP contribution is 2.19. The fourth-order valence-corrected chi connectivity index (χ4v) is 1.44. The van der Waals surface area contributed by atoms with E-state index in [0.717, 1.165) is 18.8 Å². The monoisotopic (exact) mass is 153 g/mol. The molecule has 0 radical (unpaired) electrons. The van der Waals surface area contributed by atoms with E-state index in [0.29, 0.717) is 6.04 Å². The molecule has 0 bridgehead atoms. The molecule has 1 aliphatic heterocycles. The molecule has 0 aliphatic carbocycles. The zero-order valence-electron chi connectivity index (χ0n) is 6.49. The predicted molar refractivity (Wildman–Crippen MR) is 38.8 cm³/mol. The Hall–Kier alpha value is -0.970. The summed E-state index contributed by atoms with van der Waals surface area (Å²) in [4.78, 5) is 0. The van der Waals surface area contributed by atoms with Crippen molar-refractivity contribution in [3.05, 3.63) is 5.82 Å². The van der Waals surface area contributed by atoms with E-state index in [1.165, 1.54) is 6.42 Å². The largest absolute Gasteiger partial charge is 0.307 e. The summed E-state index contributed by atoms with van der Waals surface area (Å²) in [5, 5.41) is 14.6. The van der Waals surface area contributed by atoms with Gasteiger partial charge in [-0.1, -0.05) is 0 Å². The molecule has 1 fully saturated rings. The van der Waals surface area contributed by atoms with Gasteiger partial charge >= 0.3 is 0 Å². The standard InChI is InChI=1S/C6H11N5/c1-11-6(8-9-10-11)5-3-2-4-7-5/h5,7H,2-4H2,1H3. The Morgan fingerprint density at radius 3 is 3.09 bits per heavy atom. The molecular formula is C6H11N5. The highest BCUT2D eigenvalue weighted by molar-refractivity contribution is 4.93. The van der Waals surface area contributed by atoms with Crippen molar-refractivity contribution in [2.75, 3.05) is 6.54 Å². The third-order valence-electron chi connectivity index (χ3n) is 2.02. The van der Waals surface area contributed by atoms with Crippen LogP contribution in [-0.4, -0.2) is 26.8 Å². The maximum Gasteiger partial charge on any atom is 0.167 e. The van der Waals surface area contributed by atoms with Gasteiger partial charge in [0.25, 0.3) is 0 Å². The molecule has 5 heteroatoms. The minimum Gasteiger partial charge on any atom is -0.307 e. The van der Waals surface area contributed by atoms with Crippen LogP contribution in [0.4, 0.5) is 0 Å². The van der Waals surface area contributed by atoms with Gasteiger partial charge in [0, 0.05) is 7.05 Å². The summed E-state index contributed by atoms with van der Waals surface area (Å²) >= 11 is 0. The van der Waals surface area contributed by atoms with Crippen molar-refractivity contribution >= 4 is 0 Å². The fourth-order valence-electron chi connectivity index (χ4n) is 1.44. The lowest BCUT2D eigenvalue weighted by molar-refractivity contribution is 0.558. The molecule has 0 amide bonds. The first-order chi connectivity index (χ1) is 5.38. The average Bonchev–Trinajstić information content (AvgIpc) is 2.55. The molecule has 1 aromatic heterocycles. The van der Waals surface area contributed by atoms with Gasteiger partial charge in [-0.05, 0) is 29.8 Å². The van der Waals surface area contributed by atoms with Crippen LogP contribution in [-0.2, 0) is 7.05 Å². The van der Waals surface area contributed by atoms with Crippen LogP contribution < -0.4 is 5.32 Å². The van der Waals surface area contributed by atoms with Crippen LogP contribution in [0.2, 0.25) is 0 Å². The van der Waals surface area contributed by atoms with Crippen molar-refractivity contribution in [1.82, 2.24) is 25.5 Å². The smallest absolute Gasteiger partial charge is 0.167 e. The molecule has 1 unspecified atom stereocenters. The Morgan fingerprint density at radius 2 is 2.55 bits per heavy atom. The normalized spacial score (nSPS) is 24.3. The third-order valence-corrected chi connectivity index (χ3v) is 2.02. The van der Waals surface area contributed by atoms with Crippen molar-refractivity contribution in [1.29, 1.82) is 0 Å². The fraction of sp³-hybridized carbons (Fsp3) is 0.833. The Labute approximate surface area is 64.8 Å². The zero-order chi connectivity index (χ0) is 7.68. The molecule has 2 rings (SSSR count). The highest BCUT2D eigenvalue weighted by atomic mass is 15.5. The van der Waals surface area contributed by atoms with Gasteiger partial charge in [-0.3, -0.25) is 0 Å². The molecule has 5 nitrogen and oxygen atoms in total. The summed E-state index contributed by atoms with van der Waals surface area (Å²) in [6.45, 7) is 1.08. The van der Waals surface area contributed by atoms with Crippen LogP contribution in [0.15, 0.2) is 0 Å². The van der Waals surface area contributed by atoms with Gasteiger partial charge in [0.15, 0.2) is 5.82 Å². The Balaban J connectivity index is 2.21. The van der Waals surface area contributed by atoms with Crippen molar-refractivity contribution in [2.45, 2.75) is 18.9 Å². The molecule has 0 aromatic carbocycles. The van der Waals surface area contributed by atoms with Gasteiger partial charge in [-0.15, -0.1) is 5.10 Å². The van der Waals surface area contributed by atoms with Crippen LogP contribution in [0.5, 0.6) is 0 Å². The summed E-state index contributed by atoms with van der Waals surface area (Å²) in [5.41, 5.74) is 0. The molecule has 1 aliphatic rings. The van der Waals surface area contributed by atoms with Crippen LogP contribution in [0.25, 0.3) is 0 Å². The third kappa shape index (κ3) is 1.11. The van der Waals surface area contributed by atoms with E-state index >= 15 is 0 Å². The molecule has 1 atom stereocenters. The summed E-state index contributed by atoms with van der Waals surface area (Å²) in [7, 11) is 1.87. The molecule has 1 aromatic rings. The predicted octanol–water partition coefficient (Wildman–Crippen LogP) is -0.365. The van der Waals surface area contributed by atoms with E-state index in [-0.39, 0.29) is 0 Å². The Kier molecular flexibility index (Phi) is 1.58. The maximum atomic E-state index is 3.94. The Bertz CT molecular complexity index is 237. The van der Waals surface area contributed by atoms with Gasteiger partial charge in [-0.25, -0.2) is 4.68 Å². The Morgan fingerprint density at radius 1 is 1.64 bits per heavy atom. The van der Waals surface area contributed by atoms with Crippen molar-refractivity contribution in [3.63, 3.8) is 0 Å². The van der Waals surface area contributed by atoms with E-state index in [4.69, 9.17) is 0 Å². The van der Waals surface area contributed by atoms with Crippen LogP contribution >= 0.6 is 0 Å². The quantitative estimate of drug-likeness (QED) is 0.598. The topological polar surface area (TPSA) is 55.6 Å². The minimum atomic E-state index is 0.370. The van der Waals surface area contributed by atoms with E-state index in [9.17, 15) is 0 Å². The first kappa shape index (κ1) is 6.72. The molecule has 1 saturated heterocycles. The number of aryl methyl sites for hydroxylation is 1. The van der Waals surface area contributed by atoms with E-state index in [1.807, 2.05) is 7.05 Å². The summed E-state index contributed by atoms with van der Waals surface area (Å²) in [6, 6.07) is 0.370. The van der Waals surface area contributed by atoms with E-state index < -0.39 is 0 Å². The lowest BCUT2D eigenvalue weighted by Gasteiger charge is -2.05. The highest BCUT2D eigenvalue weighted by Gasteiger charge is 2.20. The van der Waals surface area contributed by atoms with Gasteiger partial charge in [-0.2, -0.15) is 0 Å². The number of rotatable bonds is 1. The number of nitrogens with one attached hydrogen (secondary N) is 1. The minimum absolute atomic E-state index is 0.370. The number of tetrazole rings is 1. The number of nitrogens with zero attached hydrogens (tertiary/aromatic N) is 4. The van der Waals surface area contributed by atoms with Crippen molar-refractivity contribution < 1.29 is 0 Å². The molecule has 11 heavy (non-hydrogen) atoms. The first-order valence-electron chi connectivity index (χ1n) is 3.83. The SMILES string of the molecule is Cn1nnnc1C1CCCN1. The van der Waals surface area contributed by atoms with Crippen LogP contribution in [0, 0.1) is 0 Å². The molecule has 0 saturated carbocycles. The van der Waals surface area contributed by atoms with Gasteiger partial charge in [0.2, 0.25) is 0 Å². The molecule has 0 spiro atoms. The molecular weight excluding hydrogens is 142 g/mol. The molecule has 2 heterocycles. The van der Waals surface area contributed by atoms with E-state index in [1.54, 1.807) is 4.68 Å². The summed E-state index contributed by atoms with van der Waals surface area (Å²) in [5.74, 6) is 0.947. The maximum absolute atomic E-state index is 3.94. The summed E-state index contributed by atoms with van der Waals surface area (Å²) in [6.07, 6.45) is 2.37. The van der Waals surface area contributed by atoms with Crippen molar-refractivity contribution in [3.8, 4) is 0 Å². The second-order valence-corrected chi connectivity index (χ2v) is 2.81. The van der Waals surface area contributed by atoms with Gasteiger partial charge < -0.3 is 5.32 Å². The number of hydrogen-bond donors (Lipinski definition) is 1. The lowest BCUT2D eigenvalue weighted by Crippen LogP contribution is -2.17. The van der Waals surface area contributed by atoms with Crippen molar-refractivity contribution in [2.24, 2.45) is 7.05 Å². The summed E-state index contributed by atoms with van der Waals surface area (Å²) < 4.78 is 1.73.